The lowest BCUT2D eigenvalue weighted by Gasteiger charge is -2.08. The standard InChI is InChI=1S/C13H11BrN4/c1-9-6-17-11(7-16-9)8-18-13-3-2-10(5-15)4-12(13)14/h2-4,6-7,18H,8H2,1H3. The topological polar surface area (TPSA) is 61.6 Å². The van der Waals surface area contributed by atoms with Crippen LogP contribution in [-0.2, 0) is 6.54 Å². The fourth-order valence-electron chi connectivity index (χ4n) is 1.42. The smallest absolute Gasteiger partial charge is 0.0992 e. The zero-order valence-corrected chi connectivity index (χ0v) is 11.4. The minimum Gasteiger partial charge on any atom is -0.378 e. The zero-order valence-electron chi connectivity index (χ0n) is 9.81. The first kappa shape index (κ1) is 12.5. The van der Waals surface area contributed by atoms with Gasteiger partial charge in [0.2, 0.25) is 0 Å². The maximum Gasteiger partial charge on any atom is 0.0992 e. The van der Waals surface area contributed by atoms with Gasteiger partial charge in [0.05, 0.1) is 35.8 Å². The van der Waals surface area contributed by atoms with Crippen molar-refractivity contribution >= 4 is 21.6 Å². The number of rotatable bonds is 3. The first-order valence-corrected chi connectivity index (χ1v) is 6.19. The molecule has 5 heteroatoms. The van der Waals surface area contributed by atoms with Crippen LogP contribution in [-0.4, -0.2) is 9.97 Å². The van der Waals surface area contributed by atoms with Crippen LogP contribution in [0.2, 0.25) is 0 Å². The summed E-state index contributed by atoms with van der Waals surface area (Å²) in [4.78, 5) is 8.45. The van der Waals surface area contributed by atoms with Gasteiger partial charge >= 0.3 is 0 Å². The molecule has 0 fully saturated rings. The summed E-state index contributed by atoms with van der Waals surface area (Å²) in [7, 11) is 0. The molecule has 0 aliphatic carbocycles. The van der Waals surface area contributed by atoms with Crippen LogP contribution in [0, 0.1) is 18.3 Å². The van der Waals surface area contributed by atoms with E-state index in [4.69, 9.17) is 5.26 Å². The van der Waals surface area contributed by atoms with Gasteiger partial charge in [0.15, 0.2) is 0 Å². The Morgan fingerprint density at radius 1 is 1.33 bits per heavy atom. The lowest BCUT2D eigenvalue weighted by Crippen LogP contribution is -2.03. The second-order valence-electron chi connectivity index (χ2n) is 3.81. The number of halogens is 1. The second kappa shape index (κ2) is 5.61. The first-order valence-electron chi connectivity index (χ1n) is 5.40. The number of nitrogens with one attached hydrogen (secondary N) is 1. The monoisotopic (exact) mass is 302 g/mol. The molecule has 0 amide bonds. The van der Waals surface area contributed by atoms with Crippen LogP contribution in [0.5, 0.6) is 0 Å². The summed E-state index contributed by atoms with van der Waals surface area (Å²) < 4.78 is 0.863. The molecule has 90 valence electrons. The summed E-state index contributed by atoms with van der Waals surface area (Å²) in [6.07, 6.45) is 3.49. The average molecular weight is 303 g/mol. The predicted molar refractivity (Wildman–Crippen MR) is 73.0 cm³/mol. The van der Waals surface area contributed by atoms with Gasteiger partial charge in [-0.15, -0.1) is 0 Å². The summed E-state index contributed by atoms with van der Waals surface area (Å²) in [6.45, 7) is 2.50. The fraction of sp³-hybridized carbons (Fsp3) is 0.154. The molecular formula is C13H11BrN4. The van der Waals surface area contributed by atoms with Crippen LogP contribution < -0.4 is 5.32 Å². The van der Waals surface area contributed by atoms with Crippen molar-refractivity contribution in [1.29, 1.82) is 5.26 Å². The van der Waals surface area contributed by atoms with Crippen LogP contribution in [0.25, 0.3) is 0 Å². The van der Waals surface area contributed by atoms with Crippen LogP contribution in [0.3, 0.4) is 0 Å². The minimum atomic E-state index is 0.595. The van der Waals surface area contributed by atoms with E-state index in [9.17, 15) is 0 Å². The Bertz CT molecular complexity index is 587. The van der Waals surface area contributed by atoms with Crippen molar-refractivity contribution in [3.63, 3.8) is 0 Å². The highest BCUT2D eigenvalue weighted by atomic mass is 79.9. The average Bonchev–Trinajstić information content (AvgIpc) is 2.39. The van der Waals surface area contributed by atoms with Gasteiger partial charge in [0, 0.05) is 16.4 Å². The molecule has 2 aromatic rings. The number of benzene rings is 1. The lowest BCUT2D eigenvalue weighted by molar-refractivity contribution is 0.984. The zero-order chi connectivity index (χ0) is 13.0. The lowest BCUT2D eigenvalue weighted by atomic mass is 10.2. The summed E-state index contributed by atoms with van der Waals surface area (Å²) in [5, 5.41) is 12.0. The first-order chi connectivity index (χ1) is 8.69. The molecular weight excluding hydrogens is 292 g/mol. The van der Waals surface area contributed by atoms with Gasteiger partial charge in [0.1, 0.15) is 0 Å². The molecule has 2 rings (SSSR count). The van der Waals surface area contributed by atoms with Crippen molar-refractivity contribution in [3.8, 4) is 6.07 Å². The predicted octanol–water partition coefficient (Wildman–Crippen LogP) is 3.03. The van der Waals surface area contributed by atoms with E-state index in [1.165, 1.54) is 0 Å². The molecule has 1 aromatic carbocycles. The number of hydrogen-bond donors (Lipinski definition) is 1. The largest absolute Gasteiger partial charge is 0.378 e. The van der Waals surface area contributed by atoms with Gasteiger partial charge in [-0.3, -0.25) is 9.97 Å². The number of aromatic nitrogens is 2. The minimum absolute atomic E-state index is 0.595. The molecule has 4 nitrogen and oxygen atoms in total. The third kappa shape index (κ3) is 3.05. The second-order valence-corrected chi connectivity index (χ2v) is 4.66. The van der Waals surface area contributed by atoms with E-state index in [1.807, 2.05) is 13.0 Å². The Labute approximate surface area is 114 Å². The summed E-state index contributed by atoms with van der Waals surface area (Å²) in [6, 6.07) is 7.51. The van der Waals surface area contributed by atoms with E-state index < -0.39 is 0 Å². The number of nitriles is 1. The van der Waals surface area contributed by atoms with Gasteiger partial charge < -0.3 is 5.32 Å². The van der Waals surface area contributed by atoms with Crippen LogP contribution in [0.15, 0.2) is 35.1 Å². The Morgan fingerprint density at radius 2 is 2.17 bits per heavy atom. The summed E-state index contributed by atoms with van der Waals surface area (Å²) in [5.74, 6) is 0. The molecule has 0 aliphatic rings. The van der Waals surface area contributed by atoms with Crippen LogP contribution >= 0.6 is 15.9 Å². The Balaban J connectivity index is 2.06. The third-order valence-electron chi connectivity index (χ3n) is 2.39. The molecule has 0 unspecified atom stereocenters. The molecule has 1 N–H and O–H groups in total. The van der Waals surface area contributed by atoms with Crippen molar-refractivity contribution in [1.82, 2.24) is 9.97 Å². The molecule has 0 saturated heterocycles. The van der Waals surface area contributed by atoms with E-state index in [1.54, 1.807) is 24.5 Å². The van der Waals surface area contributed by atoms with Crippen LogP contribution in [0.1, 0.15) is 17.0 Å². The quantitative estimate of drug-likeness (QED) is 0.946. The van der Waals surface area contributed by atoms with Gasteiger partial charge in [-0.05, 0) is 41.1 Å². The SMILES string of the molecule is Cc1cnc(CNc2ccc(C#N)cc2Br)cn1. The highest BCUT2D eigenvalue weighted by molar-refractivity contribution is 9.10. The van der Waals surface area contributed by atoms with Crippen molar-refractivity contribution in [2.45, 2.75) is 13.5 Å². The van der Waals surface area contributed by atoms with Crippen molar-refractivity contribution in [2.75, 3.05) is 5.32 Å². The molecule has 1 heterocycles. The van der Waals surface area contributed by atoms with Gasteiger partial charge in [-0.1, -0.05) is 0 Å². The Hall–Kier alpha value is -1.93. The van der Waals surface area contributed by atoms with E-state index >= 15 is 0 Å². The number of nitrogens with zero attached hydrogens (tertiary/aromatic N) is 3. The molecule has 1 aromatic heterocycles. The maximum atomic E-state index is 8.78. The molecule has 18 heavy (non-hydrogen) atoms. The highest BCUT2D eigenvalue weighted by Gasteiger charge is 2.02. The van der Waals surface area contributed by atoms with E-state index in [0.29, 0.717) is 12.1 Å². The number of hydrogen-bond acceptors (Lipinski definition) is 4. The van der Waals surface area contributed by atoms with Crippen molar-refractivity contribution in [2.24, 2.45) is 0 Å². The van der Waals surface area contributed by atoms with Gasteiger partial charge in [-0.2, -0.15) is 5.26 Å². The Kier molecular flexibility index (Phi) is 3.90. The Morgan fingerprint density at radius 3 is 2.78 bits per heavy atom. The van der Waals surface area contributed by atoms with E-state index in [-0.39, 0.29) is 0 Å². The fourth-order valence-corrected chi connectivity index (χ4v) is 1.94. The number of aryl methyl sites for hydroxylation is 1. The van der Waals surface area contributed by atoms with Crippen molar-refractivity contribution < 1.29 is 0 Å². The van der Waals surface area contributed by atoms with Gasteiger partial charge in [0.25, 0.3) is 0 Å². The summed E-state index contributed by atoms with van der Waals surface area (Å²) >= 11 is 3.42. The summed E-state index contributed by atoms with van der Waals surface area (Å²) in [5.41, 5.74) is 3.33. The van der Waals surface area contributed by atoms with E-state index in [2.05, 4.69) is 37.3 Å². The molecule has 0 bridgehead atoms. The van der Waals surface area contributed by atoms with Crippen LogP contribution in [0.4, 0.5) is 5.69 Å². The molecule has 0 saturated carbocycles. The third-order valence-corrected chi connectivity index (χ3v) is 3.05. The molecule has 0 spiro atoms. The normalized spacial score (nSPS) is 9.83. The molecule has 0 aliphatic heterocycles. The molecule has 0 atom stereocenters. The number of anilines is 1. The molecule has 0 radical (unpaired) electrons. The van der Waals surface area contributed by atoms with Gasteiger partial charge in [-0.25, -0.2) is 0 Å². The highest BCUT2D eigenvalue weighted by Crippen LogP contribution is 2.23. The maximum absolute atomic E-state index is 8.78. The van der Waals surface area contributed by atoms with E-state index in [0.717, 1.165) is 21.5 Å². The van der Waals surface area contributed by atoms with Crippen molar-refractivity contribution in [3.05, 3.63) is 52.0 Å².